The van der Waals surface area contributed by atoms with Gasteiger partial charge < -0.3 is 0 Å². The van der Waals surface area contributed by atoms with E-state index in [1.54, 1.807) is 0 Å². The first-order chi connectivity index (χ1) is 2.00. The van der Waals surface area contributed by atoms with Gasteiger partial charge in [0.15, 0.2) is 0 Å². The van der Waals surface area contributed by atoms with Crippen LogP contribution in [0.2, 0.25) is 0 Å². The fourth-order valence-electron chi connectivity index (χ4n) is 0. The summed E-state index contributed by atoms with van der Waals surface area (Å²) < 4.78 is 8.44. The van der Waals surface area contributed by atoms with Gasteiger partial charge in [0.25, 0.3) is 0 Å². The van der Waals surface area contributed by atoms with Crippen LogP contribution in [0.15, 0.2) is 0 Å². The molecule has 0 rings (SSSR count). The molecule has 0 N–H and O–H groups in total. The van der Waals surface area contributed by atoms with Crippen LogP contribution in [0.3, 0.4) is 0 Å². The summed E-state index contributed by atoms with van der Waals surface area (Å²) in [6.07, 6.45) is 0. The molecule has 4 heteroatoms. The van der Waals surface area contributed by atoms with Crippen molar-refractivity contribution in [1.29, 1.82) is 0 Å². The maximum atomic E-state index is 8.44. The summed E-state index contributed by atoms with van der Waals surface area (Å²) in [7, 11) is 4.83. The standard InChI is InChI=1S/ClH.2Hg.O/h1H;;;/q;;+1;/p-1. The first-order valence-corrected chi connectivity index (χ1v) is 9.57. The van der Waals surface area contributed by atoms with Gasteiger partial charge in [0.2, 0.25) is 0 Å². The third-order valence-electron chi connectivity index (χ3n) is 0. The van der Waals surface area contributed by atoms with Crippen molar-refractivity contribution in [3.8, 4) is 0 Å². The van der Waals surface area contributed by atoms with Crippen LogP contribution in [0.5, 0.6) is 0 Å². The van der Waals surface area contributed by atoms with Gasteiger partial charge in [-0.2, -0.15) is 0 Å². The van der Waals surface area contributed by atoms with Crippen LogP contribution in [0, 0.1) is 0 Å². The van der Waals surface area contributed by atoms with Crippen molar-refractivity contribution in [2.45, 2.75) is 0 Å². The van der Waals surface area contributed by atoms with E-state index in [-0.39, 0.29) is 26.1 Å². The number of rotatable bonds is 0. The molecule has 0 spiro atoms. The van der Waals surface area contributed by atoms with Crippen LogP contribution >= 0.6 is 8.25 Å². The third-order valence-corrected chi connectivity index (χ3v) is 0. The Labute approximate surface area is 61.0 Å². The summed E-state index contributed by atoms with van der Waals surface area (Å²) in [4.78, 5) is 0. The SMILES string of the molecule is [Cl][Hg].[O]=[Hg]. The summed E-state index contributed by atoms with van der Waals surface area (Å²) in [5.41, 5.74) is 0. The molecule has 0 saturated heterocycles. The van der Waals surface area contributed by atoms with Crippen molar-refractivity contribution in [3.63, 3.8) is 0 Å². The minimum absolute atomic E-state index is 0.222. The molecular formula is ClHg2O. The molecule has 0 atom stereocenters. The molecule has 0 heterocycles. The van der Waals surface area contributed by atoms with Gasteiger partial charge in [-0.1, -0.05) is 0 Å². The van der Waals surface area contributed by atoms with Crippen LogP contribution in [0.4, 0.5) is 0 Å². The average Bonchev–Trinajstić information content (AvgIpc) is 1.50. The van der Waals surface area contributed by atoms with E-state index < -0.39 is 0 Å². The van der Waals surface area contributed by atoms with Crippen LogP contribution in [-0.2, 0) is 53.7 Å². The molecule has 0 aromatic heterocycles. The van der Waals surface area contributed by atoms with E-state index in [4.69, 9.17) is 10.9 Å². The Morgan fingerprint density at radius 1 is 1.25 bits per heavy atom. The molecule has 0 saturated carbocycles. The number of hydrogen-bond donors (Lipinski definition) is 0. The van der Waals surface area contributed by atoms with Gasteiger partial charge in [-0.25, -0.2) is 0 Å². The monoisotopic (exact) mass is 455 g/mol. The molecule has 0 radical (unpaired) electrons. The molecule has 0 bridgehead atoms. The van der Waals surface area contributed by atoms with Gasteiger partial charge in [-0.3, -0.25) is 0 Å². The fraction of sp³-hybridized carbons (Fsp3) is 0. The molecule has 0 aromatic rings. The Morgan fingerprint density at radius 2 is 1.25 bits per heavy atom. The van der Waals surface area contributed by atoms with Gasteiger partial charge in [-0.15, -0.1) is 0 Å². The third kappa shape index (κ3) is 9.03. The van der Waals surface area contributed by atoms with Gasteiger partial charge in [0, 0.05) is 0 Å². The summed E-state index contributed by atoms with van der Waals surface area (Å²) >= 11 is 0.278. The molecule has 0 aliphatic rings. The Balaban J connectivity index is 0. The molecular weight excluding hydrogens is 453 g/mol. The van der Waals surface area contributed by atoms with E-state index in [1.165, 1.54) is 0 Å². The van der Waals surface area contributed by atoms with E-state index in [2.05, 4.69) is 0 Å². The summed E-state index contributed by atoms with van der Waals surface area (Å²) in [5, 5.41) is 0. The van der Waals surface area contributed by atoms with Crippen molar-refractivity contribution >= 4 is 8.25 Å². The average molecular weight is 453 g/mol. The second kappa shape index (κ2) is 20.2. The van der Waals surface area contributed by atoms with Gasteiger partial charge in [0.1, 0.15) is 0 Å². The first kappa shape index (κ1) is 9.35. The quantitative estimate of drug-likeness (QED) is 0.491. The van der Waals surface area contributed by atoms with Crippen molar-refractivity contribution in [3.05, 3.63) is 0 Å². The molecule has 1 nitrogen and oxygen atoms in total. The number of halogens is 1. The fourth-order valence-corrected chi connectivity index (χ4v) is 0. The first-order valence-electron chi connectivity index (χ1n) is 0.556. The van der Waals surface area contributed by atoms with E-state index in [0.29, 0.717) is 24.9 Å². The zero-order valence-corrected chi connectivity index (χ0v) is 14.0. The molecule has 0 unspecified atom stereocenters. The minimum atomic E-state index is -0.222. The Morgan fingerprint density at radius 3 is 1.25 bits per heavy atom. The molecule has 0 amide bonds. The van der Waals surface area contributed by atoms with Crippen molar-refractivity contribution in [1.82, 2.24) is 0 Å². The topological polar surface area (TPSA) is 17.1 Å². The van der Waals surface area contributed by atoms with Crippen LogP contribution in [0.1, 0.15) is 0 Å². The second-order valence-electron chi connectivity index (χ2n) is 0. The molecule has 0 aliphatic heterocycles. The molecule has 4 heavy (non-hydrogen) atoms. The zero-order chi connectivity index (χ0) is 4.00. The Kier molecular flexibility index (Phi) is 47.3. The summed E-state index contributed by atoms with van der Waals surface area (Å²) in [6, 6.07) is 0. The zero-order valence-electron chi connectivity index (χ0n) is 2.20. The van der Waals surface area contributed by atoms with Gasteiger partial charge in [-0.05, 0) is 0 Å². The second-order valence-corrected chi connectivity index (χ2v) is 0. The molecule has 17 valence electrons. The van der Waals surface area contributed by atoms with E-state index in [1.807, 2.05) is 0 Å². The van der Waals surface area contributed by atoms with Gasteiger partial charge >= 0.3 is 61.9 Å². The molecule has 0 aliphatic carbocycles. The summed E-state index contributed by atoms with van der Waals surface area (Å²) in [6.45, 7) is 0. The molecule has 0 fully saturated rings. The van der Waals surface area contributed by atoms with E-state index >= 15 is 0 Å². The number of hydrogen-bond acceptors (Lipinski definition) is 1. The van der Waals surface area contributed by atoms with Crippen molar-refractivity contribution < 1.29 is 53.7 Å². The Hall–Kier alpha value is 1.96. The van der Waals surface area contributed by atoms with Crippen molar-refractivity contribution in [2.75, 3.05) is 0 Å². The summed E-state index contributed by atoms with van der Waals surface area (Å²) in [5.74, 6) is 0. The predicted octanol–water partition coefficient (Wildman–Crippen LogP) is 0.566. The van der Waals surface area contributed by atoms with E-state index in [0.717, 1.165) is 0 Å². The van der Waals surface area contributed by atoms with Crippen molar-refractivity contribution in [2.24, 2.45) is 0 Å². The van der Waals surface area contributed by atoms with Crippen LogP contribution < -0.4 is 0 Å². The predicted molar refractivity (Wildman–Crippen MR) is 6.54 cm³/mol. The van der Waals surface area contributed by atoms with Crippen LogP contribution in [0.25, 0.3) is 0 Å². The van der Waals surface area contributed by atoms with Gasteiger partial charge in [0.05, 0.1) is 0 Å². The normalized spacial score (nSPS) is 3.25. The maximum absolute atomic E-state index is 8.44. The van der Waals surface area contributed by atoms with Crippen LogP contribution in [-0.4, -0.2) is 0 Å². The van der Waals surface area contributed by atoms with E-state index in [9.17, 15) is 0 Å². The molecule has 0 aromatic carbocycles. The Bertz CT molecular complexity index is 6.00.